The molecule has 1 heteroatoms. The van der Waals surface area contributed by atoms with Gasteiger partial charge in [-0.15, -0.1) is 0 Å². The second-order valence-electron chi connectivity index (χ2n) is 5.13. The van der Waals surface area contributed by atoms with Gasteiger partial charge in [0.15, 0.2) is 0 Å². The normalized spacial score (nSPS) is 45.5. The van der Waals surface area contributed by atoms with E-state index in [1.807, 2.05) is 0 Å². The summed E-state index contributed by atoms with van der Waals surface area (Å²) in [5.74, 6) is 3.23. The van der Waals surface area contributed by atoms with Crippen molar-refractivity contribution in [3.8, 4) is 0 Å². The monoisotopic (exact) mass is 165 g/mol. The van der Waals surface area contributed by atoms with Gasteiger partial charge in [-0.1, -0.05) is 6.42 Å². The van der Waals surface area contributed by atoms with Crippen molar-refractivity contribution in [2.24, 2.45) is 17.8 Å². The zero-order valence-corrected chi connectivity index (χ0v) is 7.76. The lowest BCUT2D eigenvalue weighted by molar-refractivity contribution is 0.348. The molecule has 3 saturated carbocycles. The summed E-state index contributed by atoms with van der Waals surface area (Å²) in [5.41, 5.74) is 0. The molecular weight excluding hydrogens is 146 g/mol. The summed E-state index contributed by atoms with van der Waals surface area (Å²) in [6.07, 6.45) is 9.08. The molecular formula is C11H19N. The Morgan fingerprint density at radius 2 is 1.92 bits per heavy atom. The quantitative estimate of drug-likeness (QED) is 0.676. The van der Waals surface area contributed by atoms with Crippen molar-refractivity contribution in [3.05, 3.63) is 0 Å². The Morgan fingerprint density at radius 3 is 2.50 bits per heavy atom. The Kier molecular flexibility index (Phi) is 1.68. The van der Waals surface area contributed by atoms with Crippen LogP contribution in [0.4, 0.5) is 0 Å². The highest BCUT2D eigenvalue weighted by Crippen LogP contribution is 2.44. The predicted molar refractivity (Wildman–Crippen MR) is 50.0 cm³/mol. The van der Waals surface area contributed by atoms with E-state index in [1.54, 1.807) is 6.42 Å². The fraction of sp³-hybridized carbons (Fsp3) is 1.00. The van der Waals surface area contributed by atoms with Crippen molar-refractivity contribution in [2.75, 3.05) is 6.54 Å². The maximum atomic E-state index is 3.77. The fourth-order valence-corrected chi connectivity index (χ4v) is 3.13. The molecule has 0 amide bonds. The Morgan fingerprint density at radius 1 is 1.00 bits per heavy atom. The van der Waals surface area contributed by atoms with Crippen molar-refractivity contribution < 1.29 is 0 Å². The topological polar surface area (TPSA) is 12.0 Å². The molecule has 0 saturated heterocycles. The maximum absolute atomic E-state index is 3.77. The van der Waals surface area contributed by atoms with Crippen molar-refractivity contribution >= 4 is 0 Å². The number of hydrogen-bond donors (Lipinski definition) is 1. The summed E-state index contributed by atoms with van der Waals surface area (Å²) in [5, 5.41) is 3.77. The molecule has 0 heterocycles. The molecule has 0 spiro atoms. The fourth-order valence-electron chi connectivity index (χ4n) is 3.13. The van der Waals surface area contributed by atoms with Crippen LogP contribution in [0.15, 0.2) is 0 Å². The zero-order chi connectivity index (χ0) is 7.97. The van der Waals surface area contributed by atoms with Crippen LogP contribution >= 0.6 is 0 Å². The average molecular weight is 165 g/mol. The zero-order valence-electron chi connectivity index (χ0n) is 7.76. The summed E-state index contributed by atoms with van der Waals surface area (Å²) in [4.78, 5) is 0. The van der Waals surface area contributed by atoms with E-state index in [1.165, 1.54) is 38.6 Å². The molecule has 0 aromatic carbocycles. The smallest absolute Gasteiger partial charge is 0.00981 e. The summed E-state index contributed by atoms with van der Waals surface area (Å²) in [6, 6.07) is 0.921. The Bertz CT molecular complexity index is 174. The van der Waals surface area contributed by atoms with E-state index >= 15 is 0 Å². The van der Waals surface area contributed by atoms with Gasteiger partial charge in [-0.2, -0.15) is 0 Å². The van der Waals surface area contributed by atoms with Gasteiger partial charge in [0.25, 0.3) is 0 Å². The van der Waals surface area contributed by atoms with Gasteiger partial charge in [0, 0.05) is 6.04 Å². The second-order valence-corrected chi connectivity index (χ2v) is 5.13. The molecule has 0 aromatic heterocycles. The molecule has 1 nitrogen and oxygen atoms in total. The lowest BCUT2D eigenvalue weighted by Crippen LogP contribution is -2.35. The molecule has 0 aromatic rings. The summed E-state index contributed by atoms with van der Waals surface area (Å²) < 4.78 is 0. The number of nitrogens with one attached hydrogen (secondary N) is 1. The van der Waals surface area contributed by atoms with E-state index in [-0.39, 0.29) is 0 Å². The van der Waals surface area contributed by atoms with Crippen LogP contribution in [0.25, 0.3) is 0 Å². The largest absolute Gasteiger partial charge is 0.313 e. The molecule has 12 heavy (non-hydrogen) atoms. The summed E-state index contributed by atoms with van der Waals surface area (Å²) in [7, 11) is 0. The molecule has 3 aliphatic carbocycles. The van der Waals surface area contributed by atoms with Gasteiger partial charge in [0.2, 0.25) is 0 Å². The standard InChI is InChI=1S/C11H19N/c1-2-8(1)7-12-11-6-9-3-4-10(11)5-9/h8-12H,1-7H2/t9-,10-,11+/m1/s1. The minimum Gasteiger partial charge on any atom is -0.313 e. The molecule has 3 fully saturated rings. The number of fused-ring (bicyclic) bond motifs is 2. The molecule has 3 atom stereocenters. The van der Waals surface area contributed by atoms with Crippen LogP contribution in [-0.4, -0.2) is 12.6 Å². The van der Waals surface area contributed by atoms with E-state index in [2.05, 4.69) is 5.32 Å². The van der Waals surface area contributed by atoms with Crippen LogP contribution in [-0.2, 0) is 0 Å². The van der Waals surface area contributed by atoms with Crippen LogP contribution in [0.2, 0.25) is 0 Å². The van der Waals surface area contributed by atoms with Crippen molar-refractivity contribution in [1.82, 2.24) is 5.32 Å². The third-order valence-electron chi connectivity index (χ3n) is 4.10. The third-order valence-corrected chi connectivity index (χ3v) is 4.10. The molecule has 68 valence electrons. The maximum Gasteiger partial charge on any atom is 0.00981 e. The van der Waals surface area contributed by atoms with Gasteiger partial charge >= 0.3 is 0 Å². The Hall–Kier alpha value is -0.0400. The highest BCUT2D eigenvalue weighted by molar-refractivity contribution is 4.94. The van der Waals surface area contributed by atoms with Gasteiger partial charge in [0.1, 0.15) is 0 Å². The number of hydrogen-bond acceptors (Lipinski definition) is 1. The SMILES string of the molecule is C1CC1CN[C@H]1C[C@@H]2CC[C@@H]1C2. The lowest BCUT2D eigenvalue weighted by Gasteiger charge is -2.22. The van der Waals surface area contributed by atoms with Gasteiger partial charge in [-0.05, 0) is 56.4 Å². The number of rotatable bonds is 3. The van der Waals surface area contributed by atoms with Crippen molar-refractivity contribution in [2.45, 2.75) is 44.6 Å². The van der Waals surface area contributed by atoms with E-state index in [9.17, 15) is 0 Å². The van der Waals surface area contributed by atoms with Gasteiger partial charge < -0.3 is 5.32 Å². The van der Waals surface area contributed by atoms with Crippen LogP contribution in [0, 0.1) is 17.8 Å². The molecule has 0 unspecified atom stereocenters. The first kappa shape index (κ1) is 7.37. The molecule has 3 aliphatic rings. The Labute approximate surface area is 74.9 Å². The lowest BCUT2D eigenvalue weighted by atomic mass is 9.95. The van der Waals surface area contributed by atoms with Crippen LogP contribution < -0.4 is 5.32 Å². The molecule has 0 aliphatic heterocycles. The molecule has 1 N–H and O–H groups in total. The van der Waals surface area contributed by atoms with E-state index < -0.39 is 0 Å². The van der Waals surface area contributed by atoms with Gasteiger partial charge in [-0.3, -0.25) is 0 Å². The first-order chi connectivity index (χ1) is 5.92. The molecule has 3 rings (SSSR count). The van der Waals surface area contributed by atoms with Gasteiger partial charge in [0.05, 0.1) is 0 Å². The highest BCUT2D eigenvalue weighted by Gasteiger charge is 2.39. The van der Waals surface area contributed by atoms with Crippen molar-refractivity contribution in [1.29, 1.82) is 0 Å². The van der Waals surface area contributed by atoms with E-state index in [4.69, 9.17) is 0 Å². The van der Waals surface area contributed by atoms with Crippen molar-refractivity contribution in [3.63, 3.8) is 0 Å². The molecule has 2 bridgehead atoms. The highest BCUT2D eigenvalue weighted by atomic mass is 14.9. The van der Waals surface area contributed by atoms with Crippen LogP contribution in [0.3, 0.4) is 0 Å². The average Bonchev–Trinajstić information content (AvgIpc) is 2.69. The van der Waals surface area contributed by atoms with E-state index in [0.29, 0.717) is 0 Å². The Balaban J connectivity index is 1.50. The minimum absolute atomic E-state index is 0.921. The first-order valence-electron chi connectivity index (χ1n) is 5.65. The predicted octanol–water partition coefficient (Wildman–Crippen LogP) is 2.17. The van der Waals surface area contributed by atoms with E-state index in [0.717, 1.165) is 23.8 Å². The van der Waals surface area contributed by atoms with Crippen LogP contribution in [0.1, 0.15) is 38.5 Å². The summed E-state index contributed by atoms with van der Waals surface area (Å²) in [6.45, 7) is 1.33. The van der Waals surface area contributed by atoms with Crippen LogP contribution in [0.5, 0.6) is 0 Å². The van der Waals surface area contributed by atoms with Gasteiger partial charge in [-0.25, -0.2) is 0 Å². The summed E-state index contributed by atoms with van der Waals surface area (Å²) >= 11 is 0. The minimum atomic E-state index is 0.921. The third kappa shape index (κ3) is 1.28. The second kappa shape index (κ2) is 2.73. The molecule has 0 radical (unpaired) electrons. The first-order valence-corrected chi connectivity index (χ1v) is 5.65.